The van der Waals surface area contributed by atoms with E-state index in [0.717, 1.165) is 10.5 Å². The number of hydrogen-bond donors (Lipinski definition) is 2. The highest BCUT2D eigenvalue weighted by molar-refractivity contribution is 8.00. The summed E-state index contributed by atoms with van der Waals surface area (Å²) in [4.78, 5) is 37.1. The summed E-state index contributed by atoms with van der Waals surface area (Å²) in [6.45, 7) is 0. The number of ether oxygens (including phenoxy) is 1. The zero-order valence-corrected chi connectivity index (χ0v) is 17.8. The minimum atomic E-state index is -0.506. The molecule has 0 aliphatic rings. The second-order valence-electron chi connectivity index (χ2n) is 6.61. The summed E-state index contributed by atoms with van der Waals surface area (Å²) in [6, 6.07) is 23.5. The average Bonchev–Trinajstić information content (AvgIpc) is 2.79. The molecule has 0 heterocycles. The normalized spacial score (nSPS) is 10.2. The van der Waals surface area contributed by atoms with Gasteiger partial charge in [0, 0.05) is 10.6 Å². The number of methoxy groups -OCH3 is 1. The Morgan fingerprint density at radius 1 is 0.806 bits per heavy atom. The van der Waals surface area contributed by atoms with E-state index >= 15 is 0 Å². The van der Waals surface area contributed by atoms with Gasteiger partial charge in [0.1, 0.15) is 0 Å². The molecular formula is C24H22N2O4S. The van der Waals surface area contributed by atoms with Crippen LogP contribution >= 0.6 is 11.8 Å². The smallest absolute Gasteiger partial charge is 0.339 e. The van der Waals surface area contributed by atoms with Crippen LogP contribution in [-0.4, -0.2) is 30.6 Å². The molecule has 158 valence electrons. The van der Waals surface area contributed by atoms with Gasteiger partial charge in [-0.2, -0.15) is 0 Å². The molecule has 0 spiro atoms. The third-order valence-electron chi connectivity index (χ3n) is 4.32. The van der Waals surface area contributed by atoms with Gasteiger partial charge in [-0.1, -0.05) is 42.5 Å². The fraction of sp³-hybridized carbons (Fsp3) is 0.125. The quantitative estimate of drug-likeness (QED) is 0.406. The number of thioether (sulfide) groups is 1. The van der Waals surface area contributed by atoms with Crippen LogP contribution in [0.15, 0.2) is 83.8 Å². The predicted octanol–water partition coefficient (Wildman–Crippen LogP) is 4.39. The number of anilines is 2. The molecule has 0 radical (unpaired) electrons. The van der Waals surface area contributed by atoms with Crippen LogP contribution in [0.25, 0.3) is 0 Å². The summed E-state index contributed by atoms with van der Waals surface area (Å²) in [7, 11) is 1.30. The highest BCUT2D eigenvalue weighted by Crippen LogP contribution is 2.22. The molecule has 31 heavy (non-hydrogen) atoms. The van der Waals surface area contributed by atoms with E-state index in [9.17, 15) is 14.4 Å². The fourth-order valence-corrected chi connectivity index (χ4v) is 3.53. The first-order chi connectivity index (χ1) is 15.0. The Hall–Kier alpha value is -3.58. The first-order valence-electron chi connectivity index (χ1n) is 9.59. The number of carbonyl (C=O) groups excluding carboxylic acids is 3. The van der Waals surface area contributed by atoms with Crippen molar-refractivity contribution in [1.29, 1.82) is 0 Å². The number of hydrogen-bond acceptors (Lipinski definition) is 5. The maximum atomic E-state index is 12.3. The summed E-state index contributed by atoms with van der Waals surface area (Å²) >= 11 is 1.36. The number of amides is 2. The van der Waals surface area contributed by atoms with Crippen molar-refractivity contribution in [3.05, 3.63) is 90.0 Å². The summed E-state index contributed by atoms with van der Waals surface area (Å²) in [5.74, 6) is -0.653. The van der Waals surface area contributed by atoms with Crippen molar-refractivity contribution in [1.82, 2.24) is 0 Å². The largest absolute Gasteiger partial charge is 0.465 e. The van der Waals surface area contributed by atoms with Crippen molar-refractivity contribution in [3.63, 3.8) is 0 Å². The van der Waals surface area contributed by atoms with E-state index < -0.39 is 5.97 Å². The highest BCUT2D eigenvalue weighted by atomic mass is 32.2. The third kappa shape index (κ3) is 6.72. The molecule has 0 atom stereocenters. The molecule has 0 fully saturated rings. The van der Waals surface area contributed by atoms with E-state index in [1.54, 1.807) is 36.4 Å². The van der Waals surface area contributed by atoms with Gasteiger partial charge in [0.15, 0.2) is 0 Å². The molecule has 0 aromatic heterocycles. The molecule has 6 nitrogen and oxygen atoms in total. The van der Waals surface area contributed by atoms with E-state index in [1.807, 2.05) is 42.5 Å². The highest BCUT2D eigenvalue weighted by Gasteiger charge is 2.13. The van der Waals surface area contributed by atoms with Crippen LogP contribution in [0.4, 0.5) is 11.4 Å². The molecule has 0 bridgehead atoms. The first-order valence-corrected chi connectivity index (χ1v) is 10.6. The Morgan fingerprint density at radius 3 is 2.19 bits per heavy atom. The topological polar surface area (TPSA) is 84.5 Å². The Labute approximate surface area is 185 Å². The second-order valence-corrected chi connectivity index (χ2v) is 7.66. The van der Waals surface area contributed by atoms with Crippen molar-refractivity contribution in [2.75, 3.05) is 23.5 Å². The molecule has 3 aromatic rings. The van der Waals surface area contributed by atoms with E-state index in [1.165, 1.54) is 18.9 Å². The van der Waals surface area contributed by atoms with Crippen molar-refractivity contribution in [3.8, 4) is 0 Å². The summed E-state index contributed by atoms with van der Waals surface area (Å²) in [6.07, 6.45) is 0.310. The zero-order chi connectivity index (χ0) is 22.1. The SMILES string of the molecule is COC(=O)c1ccccc1NC(=O)CSc1ccc(NC(=O)Cc2ccccc2)cc1. The number of esters is 1. The van der Waals surface area contributed by atoms with Gasteiger partial charge in [0.25, 0.3) is 0 Å². The summed E-state index contributed by atoms with van der Waals surface area (Å²) in [5.41, 5.74) is 2.36. The van der Waals surface area contributed by atoms with Gasteiger partial charge in [-0.3, -0.25) is 9.59 Å². The van der Waals surface area contributed by atoms with E-state index in [4.69, 9.17) is 4.74 Å². The van der Waals surface area contributed by atoms with Gasteiger partial charge >= 0.3 is 5.97 Å². The predicted molar refractivity (Wildman–Crippen MR) is 122 cm³/mol. The fourth-order valence-electron chi connectivity index (χ4n) is 2.84. The molecule has 3 aromatic carbocycles. The standard InChI is InChI=1S/C24H22N2O4S/c1-30-24(29)20-9-5-6-10-21(20)26-23(28)16-31-19-13-11-18(12-14-19)25-22(27)15-17-7-3-2-4-8-17/h2-14H,15-16H2,1H3,(H,25,27)(H,26,28). The maximum Gasteiger partial charge on any atom is 0.339 e. The van der Waals surface area contributed by atoms with Crippen molar-refractivity contribution in [2.24, 2.45) is 0 Å². The van der Waals surface area contributed by atoms with E-state index in [2.05, 4.69) is 10.6 Å². The minimum absolute atomic E-state index is 0.0877. The van der Waals surface area contributed by atoms with Gasteiger partial charge < -0.3 is 15.4 Å². The molecule has 0 aliphatic heterocycles. The van der Waals surface area contributed by atoms with Gasteiger partial charge in [0.05, 0.1) is 30.5 Å². The summed E-state index contributed by atoms with van der Waals surface area (Å²) in [5, 5.41) is 5.61. The van der Waals surface area contributed by atoms with Crippen molar-refractivity contribution >= 4 is 40.9 Å². The molecule has 0 saturated carbocycles. The van der Waals surface area contributed by atoms with Gasteiger partial charge in [-0.25, -0.2) is 4.79 Å². The number of benzene rings is 3. The molecule has 0 saturated heterocycles. The lowest BCUT2D eigenvalue weighted by Crippen LogP contribution is -2.17. The number of carbonyl (C=O) groups is 3. The van der Waals surface area contributed by atoms with Gasteiger partial charge in [-0.05, 0) is 42.0 Å². The van der Waals surface area contributed by atoms with Crippen LogP contribution < -0.4 is 10.6 Å². The second kappa shape index (κ2) is 11.0. The van der Waals surface area contributed by atoms with Crippen LogP contribution in [0.2, 0.25) is 0 Å². The number of rotatable bonds is 8. The lowest BCUT2D eigenvalue weighted by Gasteiger charge is -2.10. The van der Waals surface area contributed by atoms with Crippen molar-refractivity contribution in [2.45, 2.75) is 11.3 Å². The van der Waals surface area contributed by atoms with Crippen LogP contribution in [0.1, 0.15) is 15.9 Å². The monoisotopic (exact) mass is 434 g/mol. The minimum Gasteiger partial charge on any atom is -0.465 e. The molecular weight excluding hydrogens is 412 g/mol. The molecule has 3 rings (SSSR count). The Morgan fingerprint density at radius 2 is 1.48 bits per heavy atom. The molecule has 7 heteroatoms. The maximum absolute atomic E-state index is 12.3. The van der Waals surface area contributed by atoms with Crippen LogP contribution in [0, 0.1) is 0 Å². The molecule has 2 amide bonds. The van der Waals surface area contributed by atoms with Crippen LogP contribution in [0.3, 0.4) is 0 Å². The first kappa shape index (κ1) is 22.1. The number of nitrogens with one attached hydrogen (secondary N) is 2. The van der Waals surface area contributed by atoms with Crippen LogP contribution in [-0.2, 0) is 20.7 Å². The molecule has 0 aliphatic carbocycles. The number of para-hydroxylation sites is 1. The lowest BCUT2D eigenvalue weighted by atomic mass is 10.1. The average molecular weight is 435 g/mol. The van der Waals surface area contributed by atoms with E-state index in [-0.39, 0.29) is 17.6 Å². The van der Waals surface area contributed by atoms with Gasteiger partial charge in [0.2, 0.25) is 11.8 Å². The lowest BCUT2D eigenvalue weighted by molar-refractivity contribution is -0.115. The Balaban J connectivity index is 1.50. The zero-order valence-electron chi connectivity index (χ0n) is 17.0. The summed E-state index contributed by atoms with van der Waals surface area (Å²) < 4.78 is 4.73. The molecule has 2 N–H and O–H groups in total. The van der Waals surface area contributed by atoms with Crippen molar-refractivity contribution < 1.29 is 19.1 Å². The van der Waals surface area contributed by atoms with Crippen LogP contribution in [0.5, 0.6) is 0 Å². The Kier molecular flexibility index (Phi) is 7.84. The Bertz CT molecular complexity index is 1050. The third-order valence-corrected chi connectivity index (χ3v) is 5.33. The van der Waals surface area contributed by atoms with Gasteiger partial charge in [-0.15, -0.1) is 11.8 Å². The molecule has 0 unspecified atom stereocenters. The van der Waals surface area contributed by atoms with E-state index in [0.29, 0.717) is 23.4 Å².